The average molecular weight is 434 g/mol. The second-order valence-corrected chi connectivity index (χ2v) is 5.64. The van der Waals surface area contributed by atoms with Crippen LogP contribution >= 0.6 is 15.9 Å². The molecule has 0 fully saturated rings. The molecule has 1 aliphatic rings. The summed E-state index contributed by atoms with van der Waals surface area (Å²) < 4.78 is 25.4. The number of phenols is 1. The molecule has 0 spiro atoms. The largest absolute Gasteiger partial charge is 0.508 e. The third-order valence-electron chi connectivity index (χ3n) is 3.04. The first-order chi connectivity index (χ1) is 9.40. The SMILES string of the molecule is Cc1cc(O)ccc1C1=[C-]CC(Br)C(=O)N1CC(F)F.[Y]. The van der Waals surface area contributed by atoms with Crippen LogP contribution in [-0.4, -0.2) is 33.7 Å². The second-order valence-electron chi connectivity index (χ2n) is 4.54. The van der Waals surface area contributed by atoms with E-state index in [1.165, 1.54) is 12.1 Å². The van der Waals surface area contributed by atoms with Crippen LogP contribution in [0.5, 0.6) is 5.75 Å². The number of hydrogen-bond donors (Lipinski definition) is 1. The summed E-state index contributed by atoms with van der Waals surface area (Å²) in [4.78, 5) is 12.6. The summed E-state index contributed by atoms with van der Waals surface area (Å²) in [6.45, 7) is 1.08. The number of carbonyl (C=O) groups excluding carboxylic acids is 1. The number of alkyl halides is 3. The third-order valence-corrected chi connectivity index (χ3v) is 3.75. The summed E-state index contributed by atoms with van der Waals surface area (Å²) in [6, 6.07) is 4.59. The number of carbonyl (C=O) groups is 1. The van der Waals surface area contributed by atoms with Gasteiger partial charge in [0.05, 0.1) is 11.4 Å². The fourth-order valence-electron chi connectivity index (χ4n) is 2.12. The number of nitrogens with zero attached hydrogens (tertiary/aromatic N) is 1. The number of allylic oxidation sites excluding steroid dienone is 1. The van der Waals surface area contributed by atoms with Gasteiger partial charge in [-0.1, -0.05) is 29.3 Å². The Bertz CT molecular complexity index is 566. The van der Waals surface area contributed by atoms with Gasteiger partial charge in [0, 0.05) is 32.7 Å². The quantitative estimate of drug-likeness (QED) is 0.587. The smallest absolute Gasteiger partial charge is 0.256 e. The number of aryl methyl sites for hydroxylation is 1. The zero-order chi connectivity index (χ0) is 14.9. The summed E-state index contributed by atoms with van der Waals surface area (Å²) in [5.74, 6) is -0.306. The molecule has 1 aliphatic heterocycles. The van der Waals surface area contributed by atoms with Crippen molar-refractivity contribution in [3.8, 4) is 5.75 Å². The van der Waals surface area contributed by atoms with E-state index in [4.69, 9.17) is 0 Å². The maximum Gasteiger partial charge on any atom is 0.256 e. The molecule has 0 aliphatic carbocycles. The zero-order valence-electron chi connectivity index (χ0n) is 11.3. The molecule has 0 aromatic heterocycles. The maximum atomic E-state index is 12.7. The number of hydrogen-bond acceptors (Lipinski definition) is 2. The van der Waals surface area contributed by atoms with Crippen molar-refractivity contribution in [2.24, 2.45) is 0 Å². The monoisotopic (exact) mass is 433 g/mol. The minimum Gasteiger partial charge on any atom is -0.508 e. The summed E-state index contributed by atoms with van der Waals surface area (Å²) in [5, 5.41) is 9.40. The number of phenolic OH excluding ortho intramolecular Hbond substituents is 1. The van der Waals surface area contributed by atoms with Gasteiger partial charge in [-0.15, -0.1) is 22.9 Å². The summed E-state index contributed by atoms with van der Waals surface area (Å²) in [7, 11) is 0. The van der Waals surface area contributed by atoms with Gasteiger partial charge in [-0.2, -0.15) is 0 Å². The van der Waals surface area contributed by atoms with Crippen LogP contribution in [0.25, 0.3) is 5.70 Å². The number of rotatable bonds is 3. The van der Waals surface area contributed by atoms with Gasteiger partial charge in [-0.05, 0) is 12.1 Å². The molecule has 1 heterocycles. The van der Waals surface area contributed by atoms with Gasteiger partial charge in [0.2, 0.25) is 5.91 Å². The van der Waals surface area contributed by atoms with Gasteiger partial charge >= 0.3 is 0 Å². The molecular formula is C14H13BrF2NO2Y-. The molecule has 1 radical (unpaired) electrons. The van der Waals surface area contributed by atoms with E-state index in [2.05, 4.69) is 22.0 Å². The zero-order valence-corrected chi connectivity index (χ0v) is 15.7. The van der Waals surface area contributed by atoms with E-state index in [1.54, 1.807) is 13.0 Å². The molecule has 1 N–H and O–H groups in total. The van der Waals surface area contributed by atoms with Crippen LogP contribution in [0.15, 0.2) is 18.2 Å². The molecule has 2 rings (SSSR count). The molecule has 7 heteroatoms. The molecule has 0 bridgehead atoms. The Kier molecular flexibility index (Phi) is 6.95. The number of aromatic hydroxyl groups is 1. The predicted octanol–water partition coefficient (Wildman–Crippen LogP) is 3.10. The fraction of sp³-hybridized carbons (Fsp3) is 0.357. The standard InChI is InChI=1S/C14H13BrF2NO2.Y/c1-8-6-9(19)2-3-10(8)12-5-4-11(15)14(20)18(12)7-13(16)17;/h2-3,6,11,13,19H,4,7H2,1H3;/q-1;. The molecule has 0 saturated heterocycles. The Hall–Kier alpha value is -0.326. The fourth-order valence-corrected chi connectivity index (χ4v) is 2.53. The molecule has 0 saturated carbocycles. The van der Waals surface area contributed by atoms with Crippen molar-refractivity contribution in [3.05, 3.63) is 35.4 Å². The van der Waals surface area contributed by atoms with E-state index in [-0.39, 0.29) is 38.5 Å². The summed E-state index contributed by atoms with van der Waals surface area (Å²) in [5.41, 5.74) is 1.67. The Balaban J connectivity index is 0.00000220. The van der Waals surface area contributed by atoms with Crippen LogP contribution in [-0.2, 0) is 37.5 Å². The topological polar surface area (TPSA) is 40.5 Å². The van der Waals surface area contributed by atoms with Crippen LogP contribution < -0.4 is 0 Å². The number of benzene rings is 1. The van der Waals surface area contributed by atoms with Crippen molar-refractivity contribution in [1.82, 2.24) is 4.90 Å². The summed E-state index contributed by atoms with van der Waals surface area (Å²) in [6.07, 6.45) is 0.699. The molecule has 1 aromatic carbocycles. The van der Waals surface area contributed by atoms with Gasteiger partial charge in [0.25, 0.3) is 6.43 Å². The van der Waals surface area contributed by atoms with Crippen LogP contribution in [0.1, 0.15) is 17.5 Å². The van der Waals surface area contributed by atoms with E-state index >= 15 is 0 Å². The van der Waals surface area contributed by atoms with Crippen molar-refractivity contribution >= 4 is 27.5 Å². The average Bonchev–Trinajstić information content (AvgIpc) is 2.36. The Morgan fingerprint density at radius 3 is 2.76 bits per heavy atom. The van der Waals surface area contributed by atoms with Crippen molar-refractivity contribution < 1.29 is 51.4 Å². The van der Waals surface area contributed by atoms with Gasteiger partial charge in [0.1, 0.15) is 5.75 Å². The predicted molar refractivity (Wildman–Crippen MR) is 74.5 cm³/mol. The molecule has 3 nitrogen and oxygen atoms in total. The van der Waals surface area contributed by atoms with E-state index in [0.717, 1.165) is 4.90 Å². The minimum atomic E-state index is -2.62. The summed E-state index contributed by atoms with van der Waals surface area (Å²) >= 11 is 3.16. The maximum absolute atomic E-state index is 12.7. The number of halogens is 3. The molecule has 21 heavy (non-hydrogen) atoms. The van der Waals surface area contributed by atoms with E-state index in [1.807, 2.05) is 0 Å². The molecule has 111 valence electrons. The van der Waals surface area contributed by atoms with E-state index in [0.29, 0.717) is 23.2 Å². The first-order valence-electron chi connectivity index (χ1n) is 6.04. The normalized spacial score (nSPS) is 18.5. The van der Waals surface area contributed by atoms with Gasteiger partial charge in [0.15, 0.2) is 0 Å². The van der Waals surface area contributed by atoms with Crippen molar-refractivity contribution in [2.75, 3.05) is 6.54 Å². The number of amides is 1. The van der Waals surface area contributed by atoms with Crippen molar-refractivity contribution in [3.63, 3.8) is 0 Å². The van der Waals surface area contributed by atoms with Crippen LogP contribution in [0.3, 0.4) is 0 Å². The second kappa shape index (κ2) is 7.79. The Labute approximate surface area is 155 Å². The molecule has 1 amide bonds. The Morgan fingerprint density at radius 2 is 2.19 bits per heavy atom. The first-order valence-corrected chi connectivity index (χ1v) is 6.96. The molecule has 1 unspecified atom stereocenters. The van der Waals surface area contributed by atoms with Crippen LogP contribution in [0.2, 0.25) is 0 Å². The first kappa shape index (κ1) is 18.7. The molecule has 1 atom stereocenters. The van der Waals surface area contributed by atoms with Gasteiger partial charge in [-0.25, -0.2) is 14.9 Å². The van der Waals surface area contributed by atoms with Crippen LogP contribution in [0.4, 0.5) is 8.78 Å². The van der Waals surface area contributed by atoms with Gasteiger partial charge in [-0.3, -0.25) is 4.79 Å². The Morgan fingerprint density at radius 1 is 1.52 bits per heavy atom. The van der Waals surface area contributed by atoms with Crippen molar-refractivity contribution in [1.29, 1.82) is 0 Å². The van der Waals surface area contributed by atoms with Gasteiger partial charge < -0.3 is 10.0 Å². The van der Waals surface area contributed by atoms with Crippen molar-refractivity contribution in [2.45, 2.75) is 24.6 Å². The van der Waals surface area contributed by atoms with E-state index < -0.39 is 23.7 Å². The van der Waals surface area contributed by atoms with E-state index in [9.17, 15) is 18.7 Å². The molecular weight excluding hydrogens is 421 g/mol. The van der Waals surface area contributed by atoms with Crippen LogP contribution in [0, 0.1) is 13.0 Å². The third kappa shape index (κ3) is 4.33. The molecule has 1 aromatic rings. The minimum absolute atomic E-state index is 0.